The van der Waals surface area contributed by atoms with Crippen molar-refractivity contribution in [3.63, 3.8) is 0 Å². The molecule has 0 radical (unpaired) electrons. The van der Waals surface area contributed by atoms with Crippen molar-refractivity contribution in [1.82, 2.24) is 15.5 Å². The van der Waals surface area contributed by atoms with Gasteiger partial charge in [-0.15, -0.1) is 10.2 Å². The molecule has 0 aliphatic rings. The molecule has 174 valence electrons. The normalized spacial score (nSPS) is 11.7. The Kier molecular flexibility index (Phi) is 8.11. The number of urea groups is 1. The molecule has 1 unspecified atom stereocenters. The fourth-order valence-electron chi connectivity index (χ4n) is 3.30. The van der Waals surface area contributed by atoms with Crippen LogP contribution in [0.25, 0.3) is 11.5 Å². The molecule has 1 atom stereocenters. The molecule has 1 aromatic heterocycles. The number of amides is 3. The van der Waals surface area contributed by atoms with Gasteiger partial charge < -0.3 is 14.6 Å². The summed E-state index contributed by atoms with van der Waals surface area (Å²) in [6.07, 6.45) is 0. The zero-order valence-electron chi connectivity index (χ0n) is 19.5. The number of nitrogens with one attached hydrogen (secondary N) is 2. The van der Waals surface area contributed by atoms with Gasteiger partial charge in [-0.25, -0.2) is 4.79 Å². The summed E-state index contributed by atoms with van der Waals surface area (Å²) in [7, 11) is 0. The van der Waals surface area contributed by atoms with Crippen molar-refractivity contribution in [2.75, 3.05) is 23.3 Å². The van der Waals surface area contributed by atoms with E-state index in [-0.39, 0.29) is 5.22 Å². The summed E-state index contributed by atoms with van der Waals surface area (Å²) in [6, 6.07) is 13.0. The largest absolute Gasteiger partial charge is 0.411 e. The zero-order valence-corrected chi connectivity index (χ0v) is 20.3. The fraction of sp³-hybridized carbons (Fsp3) is 0.333. The molecule has 9 heteroatoms. The maximum Gasteiger partial charge on any atom is 0.325 e. The molecule has 33 heavy (non-hydrogen) atoms. The lowest BCUT2D eigenvalue weighted by Gasteiger charge is -2.20. The van der Waals surface area contributed by atoms with Gasteiger partial charge in [-0.3, -0.25) is 10.1 Å². The number of hydrogen-bond donors (Lipinski definition) is 2. The number of carbonyl (C=O) groups is 2. The third-order valence-corrected chi connectivity index (χ3v) is 6.10. The average Bonchev–Trinajstić information content (AvgIpc) is 3.25. The first-order chi connectivity index (χ1) is 15.8. The van der Waals surface area contributed by atoms with Gasteiger partial charge >= 0.3 is 6.03 Å². The lowest BCUT2D eigenvalue weighted by Crippen LogP contribution is -2.39. The molecule has 0 saturated heterocycles. The van der Waals surface area contributed by atoms with Crippen LogP contribution in [0.1, 0.15) is 31.9 Å². The van der Waals surface area contributed by atoms with Crippen LogP contribution < -0.4 is 15.5 Å². The van der Waals surface area contributed by atoms with Crippen molar-refractivity contribution < 1.29 is 14.0 Å². The molecule has 8 nitrogen and oxygen atoms in total. The molecule has 0 fully saturated rings. The third kappa shape index (κ3) is 6.35. The number of rotatable bonds is 8. The Bertz CT molecular complexity index is 1110. The van der Waals surface area contributed by atoms with Crippen molar-refractivity contribution in [1.29, 1.82) is 0 Å². The van der Waals surface area contributed by atoms with E-state index in [9.17, 15) is 9.59 Å². The molecule has 3 aromatic rings. The van der Waals surface area contributed by atoms with Crippen LogP contribution in [0.3, 0.4) is 0 Å². The Balaban J connectivity index is 1.56. The molecule has 0 bridgehead atoms. The number of aromatic nitrogens is 2. The number of thioether (sulfide) groups is 1. The number of anilines is 2. The molecule has 1 heterocycles. The van der Waals surface area contributed by atoms with Crippen LogP contribution in [0, 0.1) is 13.8 Å². The first-order valence-electron chi connectivity index (χ1n) is 10.8. The van der Waals surface area contributed by atoms with Gasteiger partial charge in [0.2, 0.25) is 11.8 Å². The fourth-order valence-corrected chi connectivity index (χ4v) is 3.99. The van der Waals surface area contributed by atoms with Crippen LogP contribution >= 0.6 is 11.8 Å². The highest BCUT2D eigenvalue weighted by Gasteiger charge is 2.21. The quantitative estimate of drug-likeness (QED) is 0.448. The minimum atomic E-state index is -0.604. The maximum absolute atomic E-state index is 12.4. The summed E-state index contributed by atoms with van der Waals surface area (Å²) in [6.45, 7) is 11.6. The van der Waals surface area contributed by atoms with Crippen molar-refractivity contribution in [2.24, 2.45) is 0 Å². The topological polar surface area (TPSA) is 100 Å². The van der Waals surface area contributed by atoms with Crippen LogP contribution in [-0.4, -0.2) is 40.5 Å². The second kappa shape index (κ2) is 11.0. The molecule has 3 rings (SSSR count). The van der Waals surface area contributed by atoms with E-state index in [1.54, 1.807) is 13.0 Å². The Morgan fingerprint density at radius 1 is 1.06 bits per heavy atom. The molecule has 0 aliphatic heterocycles. The van der Waals surface area contributed by atoms with E-state index in [0.717, 1.165) is 47.2 Å². The summed E-state index contributed by atoms with van der Waals surface area (Å²) in [5.41, 5.74) is 4.60. The highest BCUT2D eigenvalue weighted by atomic mass is 32.2. The van der Waals surface area contributed by atoms with Crippen LogP contribution in [-0.2, 0) is 4.79 Å². The Hall–Kier alpha value is -3.33. The summed E-state index contributed by atoms with van der Waals surface area (Å²) < 4.78 is 5.72. The van der Waals surface area contributed by atoms with Crippen LogP contribution in [0.2, 0.25) is 0 Å². The maximum atomic E-state index is 12.4. The lowest BCUT2D eigenvalue weighted by atomic mass is 10.1. The van der Waals surface area contributed by atoms with Crippen molar-refractivity contribution in [2.45, 2.75) is 45.1 Å². The van der Waals surface area contributed by atoms with Crippen LogP contribution in [0.15, 0.2) is 52.1 Å². The second-order valence-electron chi connectivity index (χ2n) is 7.61. The Labute approximate surface area is 198 Å². The molecular weight excluding hydrogens is 438 g/mol. The lowest BCUT2D eigenvalue weighted by molar-refractivity contribution is -0.119. The minimum absolute atomic E-state index is 0.259. The SMILES string of the molecule is CCN(CC)c1ccc(-c2nnc(SC(C)C(=O)NC(=O)Nc3ccc(C)cc3C)o2)cc1. The monoisotopic (exact) mass is 467 g/mol. The summed E-state index contributed by atoms with van der Waals surface area (Å²) >= 11 is 1.10. The van der Waals surface area contributed by atoms with Gasteiger partial charge in [-0.1, -0.05) is 29.5 Å². The van der Waals surface area contributed by atoms with Gasteiger partial charge in [0.15, 0.2) is 0 Å². The zero-order chi connectivity index (χ0) is 24.0. The second-order valence-corrected chi connectivity index (χ2v) is 8.91. The average molecular weight is 468 g/mol. The van der Waals surface area contributed by atoms with Gasteiger partial charge in [-0.2, -0.15) is 0 Å². The first-order valence-corrected chi connectivity index (χ1v) is 11.7. The van der Waals surface area contributed by atoms with E-state index >= 15 is 0 Å². The number of nitrogens with zero attached hydrogens (tertiary/aromatic N) is 3. The highest BCUT2D eigenvalue weighted by molar-refractivity contribution is 8.00. The van der Waals surface area contributed by atoms with E-state index in [2.05, 4.69) is 39.6 Å². The van der Waals surface area contributed by atoms with Gasteiger partial charge in [0.05, 0.1) is 5.25 Å². The number of carbonyl (C=O) groups excluding carboxylic acids is 2. The van der Waals surface area contributed by atoms with Crippen molar-refractivity contribution in [3.8, 4) is 11.5 Å². The Morgan fingerprint density at radius 3 is 2.39 bits per heavy atom. The minimum Gasteiger partial charge on any atom is -0.411 e. The van der Waals surface area contributed by atoms with Gasteiger partial charge in [0.25, 0.3) is 5.22 Å². The van der Waals surface area contributed by atoms with Gasteiger partial charge in [0.1, 0.15) is 0 Å². The predicted molar refractivity (Wildman–Crippen MR) is 132 cm³/mol. The molecule has 0 aliphatic carbocycles. The first kappa shape index (κ1) is 24.3. The number of aryl methyl sites for hydroxylation is 2. The van der Waals surface area contributed by atoms with E-state index in [1.807, 2.05) is 50.2 Å². The molecular formula is C24H29N5O3S. The number of hydrogen-bond acceptors (Lipinski definition) is 7. The summed E-state index contributed by atoms with van der Waals surface area (Å²) in [5.74, 6) is -0.0746. The molecule has 2 N–H and O–H groups in total. The standard InChI is InChI=1S/C24H29N5O3S/c1-6-29(7-2)19-11-9-18(10-12-19)22-27-28-24(32-22)33-17(5)21(30)26-23(31)25-20-13-8-15(3)14-16(20)4/h8-14,17H,6-7H2,1-5H3,(H2,25,26,30,31). The Morgan fingerprint density at radius 2 is 1.76 bits per heavy atom. The van der Waals surface area contributed by atoms with E-state index in [0.29, 0.717) is 11.6 Å². The van der Waals surface area contributed by atoms with Crippen molar-refractivity contribution in [3.05, 3.63) is 53.6 Å². The van der Waals surface area contributed by atoms with Crippen LogP contribution in [0.5, 0.6) is 0 Å². The number of imide groups is 1. The highest BCUT2D eigenvalue weighted by Crippen LogP contribution is 2.27. The van der Waals surface area contributed by atoms with Gasteiger partial charge in [0, 0.05) is 30.0 Å². The summed E-state index contributed by atoms with van der Waals surface area (Å²) in [5, 5.41) is 12.8. The predicted octanol–water partition coefficient (Wildman–Crippen LogP) is 5.03. The smallest absolute Gasteiger partial charge is 0.325 e. The molecule has 2 aromatic carbocycles. The van der Waals surface area contributed by atoms with E-state index in [1.165, 1.54) is 0 Å². The third-order valence-electron chi connectivity index (χ3n) is 5.16. The van der Waals surface area contributed by atoms with E-state index in [4.69, 9.17) is 4.42 Å². The molecule has 0 spiro atoms. The van der Waals surface area contributed by atoms with Crippen LogP contribution in [0.4, 0.5) is 16.2 Å². The summed E-state index contributed by atoms with van der Waals surface area (Å²) in [4.78, 5) is 26.9. The molecule has 0 saturated carbocycles. The van der Waals surface area contributed by atoms with E-state index < -0.39 is 17.2 Å². The molecule has 3 amide bonds. The number of benzene rings is 2. The van der Waals surface area contributed by atoms with Gasteiger partial charge in [-0.05, 0) is 70.5 Å². The van der Waals surface area contributed by atoms with Crippen molar-refractivity contribution >= 4 is 35.1 Å².